The zero-order valence-electron chi connectivity index (χ0n) is 10.8. The van der Waals surface area contributed by atoms with Crippen molar-refractivity contribution in [2.75, 3.05) is 20.2 Å². The van der Waals surface area contributed by atoms with Gasteiger partial charge in [0.2, 0.25) is 10.0 Å². The van der Waals surface area contributed by atoms with Crippen LogP contribution in [0.1, 0.15) is 13.3 Å². The van der Waals surface area contributed by atoms with E-state index in [0.717, 1.165) is 0 Å². The molecule has 0 aliphatic heterocycles. The van der Waals surface area contributed by atoms with E-state index >= 15 is 0 Å². The average molecular weight is 306 g/mol. The summed E-state index contributed by atoms with van der Waals surface area (Å²) in [6, 6.07) is 6.22. The molecular formula is C12H16ClNO4S. The van der Waals surface area contributed by atoms with Crippen LogP contribution >= 0.6 is 11.6 Å². The van der Waals surface area contributed by atoms with Gasteiger partial charge in [-0.15, -0.1) is 0 Å². The van der Waals surface area contributed by atoms with Crippen LogP contribution < -0.4 is 0 Å². The fourth-order valence-electron chi connectivity index (χ4n) is 1.56. The molecule has 0 radical (unpaired) electrons. The summed E-state index contributed by atoms with van der Waals surface area (Å²) in [4.78, 5) is 11.1. The second-order valence-electron chi connectivity index (χ2n) is 3.75. The molecule has 0 N–H and O–H groups in total. The summed E-state index contributed by atoms with van der Waals surface area (Å²) in [6.45, 7) is 2.02. The Kier molecular flexibility index (Phi) is 5.78. The molecule has 106 valence electrons. The smallest absolute Gasteiger partial charge is 0.306 e. The maximum Gasteiger partial charge on any atom is 0.306 e. The van der Waals surface area contributed by atoms with Crippen molar-refractivity contribution < 1.29 is 17.9 Å². The Morgan fingerprint density at radius 1 is 1.37 bits per heavy atom. The second kappa shape index (κ2) is 6.88. The molecule has 0 fully saturated rings. The minimum atomic E-state index is -3.69. The Hall–Kier alpha value is -1.11. The van der Waals surface area contributed by atoms with Crippen molar-refractivity contribution in [3.8, 4) is 0 Å². The molecule has 0 amide bonds. The van der Waals surface area contributed by atoms with Gasteiger partial charge >= 0.3 is 5.97 Å². The van der Waals surface area contributed by atoms with E-state index < -0.39 is 16.0 Å². The molecule has 0 unspecified atom stereocenters. The number of hydrogen-bond donors (Lipinski definition) is 0. The van der Waals surface area contributed by atoms with E-state index in [4.69, 9.17) is 11.6 Å². The fourth-order valence-corrected chi connectivity index (χ4v) is 3.50. The number of sulfonamides is 1. The van der Waals surface area contributed by atoms with Gasteiger partial charge in [-0.1, -0.05) is 30.7 Å². The maximum absolute atomic E-state index is 12.4. The van der Waals surface area contributed by atoms with E-state index in [9.17, 15) is 13.2 Å². The molecule has 7 heteroatoms. The number of hydrogen-bond acceptors (Lipinski definition) is 4. The molecule has 5 nitrogen and oxygen atoms in total. The Morgan fingerprint density at radius 3 is 2.53 bits per heavy atom. The second-order valence-corrected chi connectivity index (χ2v) is 6.07. The van der Waals surface area contributed by atoms with Crippen molar-refractivity contribution in [1.29, 1.82) is 0 Å². The quantitative estimate of drug-likeness (QED) is 0.753. The van der Waals surface area contributed by atoms with Crippen LogP contribution in [0.5, 0.6) is 0 Å². The molecule has 1 aromatic carbocycles. The summed E-state index contributed by atoms with van der Waals surface area (Å²) in [5.74, 6) is -0.451. The van der Waals surface area contributed by atoms with Crippen LogP contribution in [0.25, 0.3) is 0 Å². The molecule has 0 aliphatic carbocycles. The molecule has 0 saturated carbocycles. The first-order valence-corrected chi connectivity index (χ1v) is 7.56. The van der Waals surface area contributed by atoms with Crippen molar-refractivity contribution in [2.45, 2.75) is 18.2 Å². The van der Waals surface area contributed by atoms with Crippen molar-refractivity contribution in [1.82, 2.24) is 4.31 Å². The normalized spacial score (nSPS) is 11.6. The van der Waals surface area contributed by atoms with Crippen LogP contribution in [0.2, 0.25) is 5.02 Å². The standard InChI is InChI=1S/C12H16ClNO4S/c1-3-14(9-8-12(15)18-2)19(16,17)11-7-5-4-6-10(11)13/h4-7H,3,8-9H2,1-2H3. The van der Waals surface area contributed by atoms with Gasteiger partial charge in [-0.2, -0.15) is 4.31 Å². The molecule has 0 heterocycles. The van der Waals surface area contributed by atoms with Crippen LogP contribution in [-0.4, -0.2) is 38.9 Å². The molecule has 0 bridgehead atoms. The molecule has 1 aromatic rings. The molecule has 0 spiro atoms. The van der Waals surface area contributed by atoms with Crippen molar-refractivity contribution >= 4 is 27.6 Å². The lowest BCUT2D eigenvalue weighted by Crippen LogP contribution is -2.33. The van der Waals surface area contributed by atoms with Gasteiger partial charge in [-0.3, -0.25) is 4.79 Å². The van der Waals surface area contributed by atoms with Crippen LogP contribution in [-0.2, 0) is 19.6 Å². The van der Waals surface area contributed by atoms with Crippen LogP contribution in [0.15, 0.2) is 29.2 Å². The fraction of sp³-hybridized carbons (Fsp3) is 0.417. The number of rotatable bonds is 6. The number of esters is 1. The number of ether oxygens (including phenoxy) is 1. The molecule has 19 heavy (non-hydrogen) atoms. The zero-order valence-corrected chi connectivity index (χ0v) is 12.4. The number of halogens is 1. The highest BCUT2D eigenvalue weighted by atomic mass is 35.5. The third kappa shape index (κ3) is 3.92. The number of benzene rings is 1. The van der Waals surface area contributed by atoms with Gasteiger partial charge in [-0.25, -0.2) is 8.42 Å². The number of methoxy groups -OCH3 is 1. The molecule has 0 atom stereocenters. The van der Waals surface area contributed by atoms with Crippen LogP contribution in [0.3, 0.4) is 0 Å². The summed E-state index contributed by atoms with van der Waals surface area (Å²) in [5, 5.41) is 0.166. The highest BCUT2D eigenvalue weighted by molar-refractivity contribution is 7.89. The highest BCUT2D eigenvalue weighted by Gasteiger charge is 2.25. The summed E-state index contributed by atoms with van der Waals surface area (Å²) in [5.41, 5.74) is 0. The van der Waals surface area contributed by atoms with E-state index in [-0.39, 0.29) is 29.4 Å². The number of carbonyl (C=O) groups excluding carboxylic acids is 1. The number of nitrogens with zero attached hydrogens (tertiary/aromatic N) is 1. The minimum absolute atomic E-state index is 0.00796. The Balaban J connectivity index is 2.97. The minimum Gasteiger partial charge on any atom is -0.469 e. The summed E-state index contributed by atoms with van der Waals surface area (Å²) < 4.78 is 30.4. The first kappa shape index (κ1) is 15.9. The summed E-state index contributed by atoms with van der Waals surface area (Å²) >= 11 is 5.90. The topological polar surface area (TPSA) is 63.7 Å². The van der Waals surface area contributed by atoms with Crippen LogP contribution in [0.4, 0.5) is 0 Å². The van der Waals surface area contributed by atoms with Gasteiger partial charge in [-0.05, 0) is 12.1 Å². The predicted molar refractivity (Wildman–Crippen MR) is 72.5 cm³/mol. The molecule has 1 rings (SSSR count). The van der Waals surface area contributed by atoms with Gasteiger partial charge in [0.25, 0.3) is 0 Å². The van der Waals surface area contributed by atoms with E-state index in [1.54, 1.807) is 19.1 Å². The van der Waals surface area contributed by atoms with E-state index in [1.165, 1.54) is 23.5 Å². The molecule has 0 aliphatic rings. The summed E-state index contributed by atoms with van der Waals surface area (Å²) in [6.07, 6.45) is 0.00796. The average Bonchev–Trinajstić information content (AvgIpc) is 2.39. The van der Waals surface area contributed by atoms with Gasteiger partial charge in [0.15, 0.2) is 0 Å². The number of carbonyl (C=O) groups is 1. The van der Waals surface area contributed by atoms with Gasteiger partial charge in [0.05, 0.1) is 18.6 Å². The van der Waals surface area contributed by atoms with E-state index in [1.807, 2.05) is 0 Å². The monoisotopic (exact) mass is 305 g/mol. The van der Waals surface area contributed by atoms with Crippen molar-refractivity contribution in [3.63, 3.8) is 0 Å². The third-order valence-electron chi connectivity index (χ3n) is 2.60. The SMILES string of the molecule is CCN(CCC(=O)OC)S(=O)(=O)c1ccccc1Cl. The van der Waals surface area contributed by atoms with E-state index in [2.05, 4.69) is 4.74 Å². The third-order valence-corrected chi connectivity index (χ3v) is 5.07. The maximum atomic E-state index is 12.4. The first-order chi connectivity index (χ1) is 8.93. The predicted octanol–water partition coefficient (Wildman–Crippen LogP) is 1.91. The molecule has 0 aromatic heterocycles. The lowest BCUT2D eigenvalue weighted by atomic mass is 10.4. The van der Waals surface area contributed by atoms with Crippen molar-refractivity contribution in [3.05, 3.63) is 29.3 Å². The largest absolute Gasteiger partial charge is 0.469 e. The lowest BCUT2D eigenvalue weighted by Gasteiger charge is -2.20. The van der Waals surface area contributed by atoms with Gasteiger partial charge in [0, 0.05) is 13.1 Å². The summed E-state index contributed by atoms with van der Waals surface area (Å²) in [7, 11) is -2.43. The molecule has 0 saturated heterocycles. The zero-order chi connectivity index (χ0) is 14.5. The van der Waals surface area contributed by atoms with Crippen molar-refractivity contribution in [2.24, 2.45) is 0 Å². The Morgan fingerprint density at radius 2 is 2.00 bits per heavy atom. The highest BCUT2D eigenvalue weighted by Crippen LogP contribution is 2.24. The molecular weight excluding hydrogens is 290 g/mol. The Labute approximate surface area is 118 Å². The van der Waals surface area contributed by atoms with Gasteiger partial charge < -0.3 is 4.74 Å². The Bertz CT molecular complexity index is 544. The van der Waals surface area contributed by atoms with E-state index in [0.29, 0.717) is 0 Å². The van der Waals surface area contributed by atoms with Gasteiger partial charge in [0.1, 0.15) is 4.90 Å². The first-order valence-electron chi connectivity index (χ1n) is 5.75. The lowest BCUT2D eigenvalue weighted by molar-refractivity contribution is -0.140. The van der Waals surface area contributed by atoms with Crippen LogP contribution in [0, 0.1) is 0 Å².